The smallest absolute Gasteiger partial charge is 0.255 e. The van der Waals surface area contributed by atoms with Crippen molar-refractivity contribution in [2.24, 2.45) is 0 Å². The molecule has 6 heteroatoms. The summed E-state index contributed by atoms with van der Waals surface area (Å²) in [6.07, 6.45) is 0.298. The van der Waals surface area contributed by atoms with Gasteiger partial charge in [-0.25, -0.2) is 4.39 Å². The molecule has 1 heterocycles. The van der Waals surface area contributed by atoms with E-state index in [0.717, 1.165) is 36.4 Å². The SMILES string of the molecule is O=C(Nc1ccccc1)c1ccc(CN2CCN(C(=O)Cc3ccc(F)cc3)CC2)cc1. The quantitative estimate of drug-likeness (QED) is 0.643. The molecule has 32 heavy (non-hydrogen) atoms. The Hall–Kier alpha value is -3.51. The van der Waals surface area contributed by atoms with Crippen molar-refractivity contribution in [2.75, 3.05) is 31.5 Å². The summed E-state index contributed by atoms with van der Waals surface area (Å²) in [5, 5.41) is 2.89. The maximum absolute atomic E-state index is 13.0. The Bertz CT molecular complexity index is 1040. The number of carbonyl (C=O) groups excluding carboxylic acids is 2. The van der Waals surface area contributed by atoms with Gasteiger partial charge in [0.25, 0.3) is 5.91 Å². The topological polar surface area (TPSA) is 52.7 Å². The first-order valence-corrected chi connectivity index (χ1v) is 10.8. The lowest BCUT2D eigenvalue weighted by atomic mass is 10.1. The number of benzene rings is 3. The molecule has 3 aromatic rings. The van der Waals surface area contributed by atoms with E-state index >= 15 is 0 Å². The first-order valence-electron chi connectivity index (χ1n) is 10.8. The number of anilines is 1. The number of rotatable bonds is 6. The second kappa shape index (κ2) is 10.2. The van der Waals surface area contributed by atoms with Gasteiger partial charge >= 0.3 is 0 Å². The van der Waals surface area contributed by atoms with Crippen molar-refractivity contribution in [2.45, 2.75) is 13.0 Å². The Morgan fingerprint density at radius 3 is 2.06 bits per heavy atom. The highest BCUT2D eigenvalue weighted by Gasteiger charge is 2.21. The maximum Gasteiger partial charge on any atom is 0.255 e. The largest absolute Gasteiger partial charge is 0.340 e. The van der Waals surface area contributed by atoms with Gasteiger partial charge in [-0.1, -0.05) is 42.5 Å². The molecule has 3 aromatic carbocycles. The van der Waals surface area contributed by atoms with E-state index in [1.807, 2.05) is 59.5 Å². The zero-order valence-corrected chi connectivity index (χ0v) is 17.8. The van der Waals surface area contributed by atoms with Crippen molar-refractivity contribution in [3.63, 3.8) is 0 Å². The molecule has 1 fully saturated rings. The third kappa shape index (κ3) is 5.80. The zero-order chi connectivity index (χ0) is 22.3. The number of hydrogen-bond donors (Lipinski definition) is 1. The van der Waals surface area contributed by atoms with E-state index in [1.165, 1.54) is 12.1 Å². The summed E-state index contributed by atoms with van der Waals surface area (Å²) in [4.78, 5) is 29.1. The lowest BCUT2D eigenvalue weighted by Crippen LogP contribution is -2.48. The third-order valence-electron chi connectivity index (χ3n) is 5.65. The minimum absolute atomic E-state index is 0.0741. The van der Waals surface area contributed by atoms with Crippen LogP contribution in [0.2, 0.25) is 0 Å². The number of carbonyl (C=O) groups is 2. The predicted molar refractivity (Wildman–Crippen MR) is 123 cm³/mol. The molecule has 4 rings (SSSR count). The molecule has 0 bridgehead atoms. The van der Waals surface area contributed by atoms with Crippen LogP contribution in [-0.2, 0) is 17.8 Å². The lowest BCUT2D eigenvalue weighted by molar-refractivity contribution is -0.132. The Kier molecular flexibility index (Phi) is 6.92. The fourth-order valence-electron chi connectivity index (χ4n) is 3.79. The molecule has 0 atom stereocenters. The number of para-hydroxylation sites is 1. The van der Waals surface area contributed by atoms with Crippen LogP contribution < -0.4 is 5.32 Å². The molecule has 0 aromatic heterocycles. The highest BCUT2D eigenvalue weighted by Crippen LogP contribution is 2.14. The van der Waals surface area contributed by atoms with E-state index in [-0.39, 0.29) is 17.6 Å². The number of nitrogens with zero attached hydrogens (tertiary/aromatic N) is 2. The van der Waals surface area contributed by atoms with Crippen LogP contribution in [0.15, 0.2) is 78.9 Å². The molecule has 0 aliphatic carbocycles. The van der Waals surface area contributed by atoms with Crippen LogP contribution in [0.1, 0.15) is 21.5 Å². The van der Waals surface area contributed by atoms with Crippen LogP contribution in [0.3, 0.4) is 0 Å². The Balaban J connectivity index is 1.24. The number of hydrogen-bond acceptors (Lipinski definition) is 3. The Morgan fingerprint density at radius 1 is 0.781 bits per heavy atom. The fourth-order valence-corrected chi connectivity index (χ4v) is 3.79. The molecular formula is C26H26FN3O2. The van der Waals surface area contributed by atoms with Crippen molar-refractivity contribution in [3.05, 3.63) is 101 Å². The average molecular weight is 432 g/mol. The summed E-state index contributed by atoms with van der Waals surface area (Å²) in [7, 11) is 0. The summed E-state index contributed by atoms with van der Waals surface area (Å²) in [6.45, 7) is 3.73. The molecule has 0 saturated carbocycles. The van der Waals surface area contributed by atoms with Crippen LogP contribution >= 0.6 is 0 Å². The first-order chi connectivity index (χ1) is 15.6. The predicted octanol–water partition coefficient (Wildman–Crippen LogP) is 3.96. The van der Waals surface area contributed by atoms with Crippen LogP contribution in [0.25, 0.3) is 0 Å². The molecule has 0 spiro atoms. The lowest BCUT2D eigenvalue weighted by Gasteiger charge is -2.35. The average Bonchev–Trinajstić information content (AvgIpc) is 2.82. The second-order valence-corrected chi connectivity index (χ2v) is 7.98. The first kappa shape index (κ1) is 21.7. The molecule has 0 unspecified atom stereocenters. The standard InChI is InChI=1S/C26H26FN3O2/c27-23-12-8-20(9-13-23)18-25(31)30-16-14-29(15-17-30)19-21-6-10-22(11-7-21)26(32)28-24-4-2-1-3-5-24/h1-13H,14-19H2,(H,28,32). The van der Waals surface area contributed by atoms with Gasteiger partial charge in [0, 0.05) is 44.0 Å². The molecule has 2 amide bonds. The highest BCUT2D eigenvalue weighted by atomic mass is 19.1. The van der Waals surface area contributed by atoms with Crippen molar-refractivity contribution in [1.29, 1.82) is 0 Å². The number of amides is 2. The number of nitrogens with one attached hydrogen (secondary N) is 1. The van der Waals surface area contributed by atoms with Crippen LogP contribution in [0.5, 0.6) is 0 Å². The molecule has 1 N–H and O–H groups in total. The van der Waals surface area contributed by atoms with Gasteiger partial charge in [-0.15, -0.1) is 0 Å². The van der Waals surface area contributed by atoms with E-state index in [2.05, 4.69) is 10.2 Å². The van der Waals surface area contributed by atoms with Gasteiger partial charge in [-0.2, -0.15) is 0 Å². The van der Waals surface area contributed by atoms with Crippen molar-refractivity contribution >= 4 is 17.5 Å². The van der Waals surface area contributed by atoms with E-state index in [0.29, 0.717) is 25.1 Å². The minimum atomic E-state index is -0.292. The Morgan fingerprint density at radius 2 is 1.41 bits per heavy atom. The molecule has 164 valence electrons. The number of halogens is 1. The summed E-state index contributed by atoms with van der Waals surface area (Å²) in [5.41, 5.74) is 3.35. The molecule has 5 nitrogen and oxygen atoms in total. The van der Waals surface area contributed by atoms with Gasteiger partial charge in [0.05, 0.1) is 6.42 Å². The third-order valence-corrected chi connectivity index (χ3v) is 5.65. The second-order valence-electron chi connectivity index (χ2n) is 7.98. The van der Waals surface area contributed by atoms with Gasteiger partial charge in [0.15, 0.2) is 0 Å². The van der Waals surface area contributed by atoms with Gasteiger partial charge < -0.3 is 10.2 Å². The van der Waals surface area contributed by atoms with Crippen molar-refractivity contribution in [1.82, 2.24) is 9.80 Å². The number of piperazine rings is 1. The van der Waals surface area contributed by atoms with Crippen LogP contribution in [0, 0.1) is 5.82 Å². The Labute approximate surface area is 187 Å². The summed E-state index contributed by atoms with van der Waals surface area (Å²) in [5.74, 6) is -0.347. The molecule has 1 saturated heterocycles. The van der Waals surface area contributed by atoms with Gasteiger partial charge in [-0.05, 0) is 47.5 Å². The van der Waals surface area contributed by atoms with E-state index in [1.54, 1.807) is 12.1 Å². The van der Waals surface area contributed by atoms with Gasteiger partial charge in [-0.3, -0.25) is 14.5 Å². The monoisotopic (exact) mass is 431 g/mol. The summed E-state index contributed by atoms with van der Waals surface area (Å²) >= 11 is 0. The van der Waals surface area contributed by atoms with Crippen LogP contribution in [-0.4, -0.2) is 47.8 Å². The molecule has 0 radical (unpaired) electrons. The molecular weight excluding hydrogens is 405 g/mol. The zero-order valence-electron chi connectivity index (χ0n) is 17.8. The van der Waals surface area contributed by atoms with E-state index in [4.69, 9.17) is 0 Å². The molecule has 1 aliphatic rings. The highest BCUT2D eigenvalue weighted by molar-refractivity contribution is 6.04. The maximum atomic E-state index is 13.0. The summed E-state index contributed by atoms with van der Waals surface area (Å²) in [6, 6.07) is 23.1. The van der Waals surface area contributed by atoms with Gasteiger partial charge in [0.2, 0.25) is 5.91 Å². The van der Waals surface area contributed by atoms with Crippen molar-refractivity contribution < 1.29 is 14.0 Å². The van der Waals surface area contributed by atoms with E-state index in [9.17, 15) is 14.0 Å². The normalized spacial score (nSPS) is 14.2. The molecule has 1 aliphatic heterocycles. The van der Waals surface area contributed by atoms with Gasteiger partial charge in [0.1, 0.15) is 5.82 Å². The fraction of sp³-hybridized carbons (Fsp3) is 0.231. The minimum Gasteiger partial charge on any atom is -0.340 e. The van der Waals surface area contributed by atoms with E-state index < -0.39 is 0 Å². The summed E-state index contributed by atoms with van der Waals surface area (Å²) < 4.78 is 13.0. The van der Waals surface area contributed by atoms with Crippen LogP contribution in [0.4, 0.5) is 10.1 Å². The van der Waals surface area contributed by atoms with Crippen molar-refractivity contribution in [3.8, 4) is 0 Å².